The molecule has 1 aliphatic heterocycles. The molecule has 0 spiro atoms. The summed E-state index contributed by atoms with van der Waals surface area (Å²) >= 11 is 6.05. The largest absolute Gasteiger partial charge is 0.382 e. The second-order valence-corrected chi connectivity index (χ2v) is 9.45. The molecule has 1 aliphatic rings. The van der Waals surface area contributed by atoms with Crippen LogP contribution >= 0.6 is 11.6 Å². The molecule has 8 heteroatoms. The van der Waals surface area contributed by atoms with Crippen molar-refractivity contribution < 1.29 is 18.7 Å². The zero-order valence-corrected chi connectivity index (χ0v) is 23.9. The Labute approximate surface area is 226 Å². The first-order chi connectivity index (χ1) is 17.6. The van der Waals surface area contributed by atoms with Gasteiger partial charge in [-0.25, -0.2) is 4.39 Å². The smallest absolute Gasteiger partial charge is 0.267 e. The highest BCUT2D eigenvalue weighted by Crippen LogP contribution is 2.25. The fourth-order valence-corrected chi connectivity index (χ4v) is 3.51. The molecule has 6 nitrogen and oxygen atoms in total. The van der Waals surface area contributed by atoms with E-state index in [-0.39, 0.29) is 11.7 Å². The van der Waals surface area contributed by atoms with Crippen molar-refractivity contribution in [3.05, 3.63) is 76.0 Å². The molecule has 3 rings (SSSR count). The predicted molar refractivity (Wildman–Crippen MR) is 151 cm³/mol. The third-order valence-corrected chi connectivity index (χ3v) is 5.88. The monoisotopic (exact) mass is 535 g/mol. The molecule has 2 heterocycles. The summed E-state index contributed by atoms with van der Waals surface area (Å²) in [6.07, 6.45) is 5.77. The molecule has 2 aromatic rings. The number of aromatic amines is 1. The lowest BCUT2D eigenvalue weighted by molar-refractivity contribution is 0.0113. The van der Waals surface area contributed by atoms with Crippen LogP contribution in [0.15, 0.2) is 47.6 Å². The Morgan fingerprint density at radius 3 is 2.49 bits per heavy atom. The lowest BCUT2D eigenvalue weighted by Gasteiger charge is -2.21. The quantitative estimate of drug-likeness (QED) is 0.203. The molecule has 2 N–H and O–H groups in total. The van der Waals surface area contributed by atoms with Crippen LogP contribution in [0.1, 0.15) is 67.3 Å². The Morgan fingerprint density at radius 1 is 1.27 bits per heavy atom. The van der Waals surface area contributed by atoms with E-state index in [1.165, 1.54) is 25.0 Å². The van der Waals surface area contributed by atoms with Gasteiger partial charge in [0.2, 0.25) is 0 Å². The van der Waals surface area contributed by atoms with E-state index in [1.807, 2.05) is 37.9 Å². The highest BCUT2D eigenvalue weighted by atomic mass is 35.5. The third-order valence-electron chi connectivity index (χ3n) is 5.48. The maximum atomic E-state index is 12.1. The van der Waals surface area contributed by atoms with Gasteiger partial charge in [0.25, 0.3) is 5.91 Å². The lowest BCUT2D eigenvalue weighted by Crippen LogP contribution is -2.25. The number of carbonyl (C=O) groups is 1. The second-order valence-electron chi connectivity index (χ2n) is 9.06. The summed E-state index contributed by atoms with van der Waals surface area (Å²) in [7, 11) is 3.60. The normalized spacial score (nSPS) is 12.8. The number of amides is 1. The van der Waals surface area contributed by atoms with Crippen LogP contribution in [0.25, 0.3) is 6.08 Å². The van der Waals surface area contributed by atoms with Crippen LogP contribution in [0.2, 0.25) is 0 Å². The molecule has 0 aliphatic carbocycles. The minimum atomic E-state index is -0.171. The van der Waals surface area contributed by atoms with E-state index in [0.717, 1.165) is 35.4 Å². The van der Waals surface area contributed by atoms with Crippen molar-refractivity contribution in [2.24, 2.45) is 0 Å². The van der Waals surface area contributed by atoms with Crippen LogP contribution in [0.4, 0.5) is 4.39 Å². The molecule has 1 amide bonds. The Bertz CT molecular complexity index is 968. The molecule has 1 aromatic carbocycles. The molecular formula is C29H43ClFN3O3. The van der Waals surface area contributed by atoms with Gasteiger partial charge in [-0.1, -0.05) is 61.7 Å². The van der Waals surface area contributed by atoms with E-state index >= 15 is 0 Å². The number of hydrogen-bond donors (Lipinski definition) is 2. The van der Waals surface area contributed by atoms with E-state index in [1.54, 1.807) is 19.2 Å². The number of nitrogens with zero attached hydrogens (tertiary/aromatic N) is 1. The van der Waals surface area contributed by atoms with Crippen LogP contribution in [0, 0.1) is 12.7 Å². The van der Waals surface area contributed by atoms with Gasteiger partial charge in [-0.3, -0.25) is 4.79 Å². The summed E-state index contributed by atoms with van der Waals surface area (Å²) in [5, 5.41) is 3.47. The van der Waals surface area contributed by atoms with E-state index in [2.05, 4.69) is 30.7 Å². The van der Waals surface area contributed by atoms with Crippen molar-refractivity contribution in [1.82, 2.24) is 15.2 Å². The molecule has 1 aromatic heterocycles. The Morgan fingerprint density at radius 2 is 1.95 bits per heavy atom. The average Bonchev–Trinajstić information content (AvgIpc) is 3.27. The number of halogens is 2. The first-order valence-corrected chi connectivity index (χ1v) is 13.0. The summed E-state index contributed by atoms with van der Waals surface area (Å²) in [5.41, 5.74) is 4.53. The SMILES string of the molecule is C=C(C)CNC(=O)c1cc2c([nH]1)CN(C)C(Cl)=C2.CCCC(CC)OCCOC.Cc1ccc(F)cc1. The second kappa shape index (κ2) is 17.8. The van der Waals surface area contributed by atoms with Crippen molar-refractivity contribution in [3.63, 3.8) is 0 Å². The number of aromatic nitrogens is 1. The zero-order chi connectivity index (χ0) is 27.8. The molecule has 206 valence electrons. The van der Waals surface area contributed by atoms with Crippen LogP contribution < -0.4 is 5.32 Å². The topological polar surface area (TPSA) is 66.6 Å². The first kappa shape index (κ1) is 32.4. The van der Waals surface area contributed by atoms with Crippen LogP contribution in [-0.4, -0.2) is 55.8 Å². The standard InChI is InChI=1S/C13H16ClN3O.C9H20O2.C7H7F/c1-8(2)6-15-13(18)10-4-9-5-12(14)17(3)7-11(9)16-10;1-4-6-9(5-2)11-8-7-10-3;1-6-2-4-7(8)5-3-6/h4-5,16H,1,6-7H2,2-3H3,(H,15,18);9H,4-8H2,1-3H3;2-5H,1H3. The number of rotatable bonds is 10. The average molecular weight is 536 g/mol. The molecule has 1 atom stereocenters. The van der Waals surface area contributed by atoms with Crippen molar-refractivity contribution in [2.75, 3.05) is 33.9 Å². The maximum absolute atomic E-state index is 12.1. The number of ether oxygens (including phenoxy) is 2. The van der Waals surface area contributed by atoms with Crippen molar-refractivity contribution in [2.45, 2.75) is 59.6 Å². The molecule has 0 fully saturated rings. The fraction of sp³-hybridized carbons (Fsp3) is 0.483. The van der Waals surface area contributed by atoms with Gasteiger partial charge < -0.3 is 24.7 Å². The number of aryl methyl sites for hydroxylation is 1. The van der Waals surface area contributed by atoms with E-state index < -0.39 is 0 Å². The molecule has 0 bridgehead atoms. The van der Waals surface area contributed by atoms with Gasteiger partial charge in [-0.05, 0) is 51.0 Å². The number of fused-ring (bicyclic) bond motifs is 1. The van der Waals surface area contributed by atoms with Crippen molar-refractivity contribution in [3.8, 4) is 0 Å². The van der Waals surface area contributed by atoms with Gasteiger partial charge in [0.05, 0.1) is 25.9 Å². The van der Waals surface area contributed by atoms with Crippen molar-refractivity contribution >= 4 is 23.6 Å². The van der Waals surface area contributed by atoms with Gasteiger partial charge in [0.1, 0.15) is 16.7 Å². The molecule has 0 radical (unpaired) electrons. The summed E-state index contributed by atoms with van der Waals surface area (Å²) in [5.74, 6) is -0.296. The molecule has 0 saturated heterocycles. The van der Waals surface area contributed by atoms with Crippen molar-refractivity contribution in [1.29, 1.82) is 0 Å². The number of H-pyrrole nitrogens is 1. The molecule has 37 heavy (non-hydrogen) atoms. The summed E-state index contributed by atoms with van der Waals surface area (Å²) in [6, 6.07) is 8.22. The molecule has 1 unspecified atom stereocenters. The third kappa shape index (κ3) is 13.0. The van der Waals surface area contributed by atoms with E-state index in [9.17, 15) is 9.18 Å². The van der Waals surface area contributed by atoms with Gasteiger partial charge in [0, 0.05) is 32.0 Å². The minimum Gasteiger partial charge on any atom is -0.382 e. The summed E-state index contributed by atoms with van der Waals surface area (Å²) in [4.78, 5) is 16.9. The number of methoxy groups -OCH3 is 1. The Kier molecular flexibility index (Phi) is 15.6. The number of hydrogen-bond acceptors (Lipinski definition) is 4. The van der Waals surface area contributed by atoms with Crippen LogP contribution in [-0.2, 0) is 16.0 Å². The fourth-order valence-electron chi connectivity index (χ4n) is 3.33. The van der Waals surface area contributed by atoms with E-state index in [0.29, 0.717) is 36.7 Å². The van der Waals surface area contributed by atoms with E-state index in [4.69, 9.17) is 21.1 Å². The highest BCUT2D eigenvalue weighted by molar-refractivity contribution is 6.31. The van der Waals surface area contributed by atoms with Gasteiger partial charge in [-0.2, -0.15) is 0 Å². The molecule has 0 saturated carbocycles. The minimum absolute atomic E-state index is 0.125. The first-order valence-electron chi connectivity index (χ1n) is 12.7. The van der Waals surface area contributed by atoms with Crippen LogP contribution in [0.3, 0.4) is 0 Å². The Hall–Kier alpha value is -2.61. The lowest BCUT2D eigenvalue weighted by atomic mass is 10.2. The van der Waals surface area contributed by atoms with Crippen LogP contribution in [0.5, 0.6) is 0 Å². The summed E-state index contributed by atoms with van der Waals surface area (Å²) in [6.45, 7) is 14.5. The number of carbonyl (C=O) groups excluding carboxylic acids is 1. The summed E-state index contributed by atoms with van der Waals surface area (Å²) < 4.78 is 22.5. The van der Waals surface area contributed by atoms with Gasteiger partial charge in [0.15, 0.2) is 0 Å². The zero-order valence-electron chi connectivity index (χ0n) is 23.1. The predicted octanol–water partition coefficient (Wildman–Crippen LogP) is 6.67. The Balaban J connectivity index is 0.000000307. The number of benzene rings is 1. The maximum Gasteiger partial charge on any atom is 0.267 e. The number of nitrogens with one attached hydrogen (secondary N) is 2. The van der Waals surface area contributed by atoms with Gasteiger partial charge >= 0.3 is 0 Å². The molecular weight excluding hydrogens is 493 g/mol. The van der Waals surface area contributed by atoms with Gasteiger partial charge in [-0.15, -0.1) is 0 Å². The highest BCUT2D eigenvalue weighted by Gasteiger charge is 2.18.